The number of fused-ring (bicyclic) bond motifs is 3. The lowest BCUT2D eigenvalue weighted by Gasteiger charge is -2.36. The average Bonchev–Trinajstić information content (AvgIpc) is 2.69. The van der Waals surface area contributed by atoms with Crippen molar-refractivity contribution in [2.75, 3.05) is 26.9 Å². The van der Waals surface area contributed by atoms with Gasteiger partial charge in [-0.1, -0.05) is 0 Å². The maximum absolute atomic E-state index is 5.92. The van der Waals surface area contributed by atoms with E-state index in [2.05, 4.69) is 18.7 Å². The first-order valence-corrected chi connectivity index (χ1v) is 7.05. The minimum Gasteiger partial charge on any atom is -0.384 e. The molecule has 0 N–H and O–H groups in total. The molecule has 0 amide bonds. The summed E-state index contributed by atoms with van der Waals surface area (Å²) in [5.74, 6) is 1.70. The standard InChI is InChI=1S/C14H25NO2/c1-10(2)17-9-14-5-4-6-15(14)13-11(7-14)12(13)8-16-3/h10-13H,4-9H2,1-3H3. The summed E-state index contributed by atoms with van der Waals surface area (Å²) < 4.78 is 11.2. The van der Waals surface area contributed by atoms with Crippen LogP contribution in [0.5, 0.6) is 0 Å². The fraction of sp³-hybridized carbons (Fsp3) is 1.00. The lowest BCUT2D eigenvalue weighted by atomic mass is 9.91. The monoisotopic (exact) mass is 239 g/mol. The third kappa shape index (κ3) is 1.83. The van der Waals surface area contributed by atoms with Gasteiger partial charge in [0.1, 0.15) is 0 Å². The summed E-state index contributed by atoms with van der Waals surface area (Å²) in [6.45, 7) is 7.45. The van der Waals surface area contributed by atoms with Crippen LogP contribution >= 0.6 is 0 Å². The molecule has 4 unspecified atom stereocenters. The molecule has 0 bridgehead atoms. The molecule has 3 aliphatic rings. The van der Waals surface area contributed by atoms with Crippen molar-refractivity contribution in [2.24, 2.45) is 11.8 Å². The molecule has 4 atom stereocenters. The predicted octanol–water partition coefficient (Wildman–Crippen LogP) is 1.91. The van der Waals surface area contributed by atoms with Gasteiger partial charge in [0.15, 0.2) is 0 Å². The second kappa shape index (κ2) is 4.22. The Hall–Kier alpha value is -0.120. The first kappa shape index (κ1) is 11.9. The molecule has 1 saturated carbocycles. The minimum atomic E-state index is 0.360. The quantitative estimate of drug-likeness (QED) is 0.731. The van der Waals surface area contributed by atoms with Crippen molar-refractivity contribution in [3.05, 3.63) is 0 Å². The molecule has 0 aromatic rings. The summed E-state index contributed by atoms with van der Waals surface area (Å²) in [6, 6.07) is 0.813. The Morgan fingerprint density at radius 1 is 1.41 bits per heavy atom. The predicted molar refractivity (Wildman–Crippen MR) is 67.0 cm³/mol. The lowest BCUT2D eigenvalue weighted by molar-refractivity contribution is -0.0124. The zero-order valence-corrected chi connectivity index (χ0v) is 11.3. The molecule has 3 rings (SSSR count). The van der Waals surface area contributed by atoms with E-state index >= 15 is 0 Å². The molecule has 0 aromatic heterocycles. The van der Waals surface area contributed by atoms with E-state index < -0.39 is 0 Å². The van der Waals surface area contributed by atoms with Crippen LogP contribution in [0.3, 0.4) is 0 Å². The molecule has 2 aliphatic heterocycles. The Morgan fingerprint density at radius 3 is 2.94 bits per heavy atom. The van der Waals surface area contributed by atoms with Gasteiger partial charge in [-0.05, 0) is 45.6 Å². The number of ether oxygens (including phenoxy) is 2. The summed E-state index contributed by atoms with van der Waals surface area (Å²) in [6.07, 6.45) is 4.40. The van der Waals surface area contributed by atoms with Gasteiger partial charge in [0.25, 0.3) is 0 Å². The molecule has 17 heavy (non-hydrogen) atoms. The molecule has 0 aromatic carbocycles. The van der Waals surface area contributed by atoms with Crippen LogP contribution in [-0.2, 0) is 9.47 Å². The number of hydrogen-bond acceptors (Lipinski definition) is 3. The maximum Gasteiger partial charge on any atom is 0.0654 e. The number of piperidine rings is 1. The lowest BCUT2D eigenvalue weighted by Crippen LogP contribution is -2.46. The van der Waals surface area contributed by atoms with Crippen LogP contribution in [0.4, 0.5) is 0 Å². The molecule has 3 nitrogen and oxygen atoms in total. The normalized spacial score (nSPS) is 44.1. The van der Waals surface area contributed by atoms with E-state index in [0.29, 0.717) is 11.6 Å². The first-order valence-electron chi connectivity index (χ1n) is 7.05. The number of nitrogens with zero attached hydrogens (tertiary/aromatic N) is 1. The van der Waals surface area contributed by atoms with E-state index in [0.717, 1.165) is 31.1 Å². The molecule has 1 aliphatic carbocycles. The van der Waals surface area contributed by atoms with Crippen LogP contribution in [0.15, 0.2) is 0 Å². The van der Waals surface area contributed by atoms with Crippen molar-refractivity contribution in [1.82, 2.24) is 4.90 Å². The highest BCUT2D eigenvalue weighted by molar-refractivity contribution is 5.20. The first-order chi connectivity index (χ1) is 8.18. The van der Waals surface area contributed by atoms with Crippen molar-refractivity contribution in [3.8, 4) is 0 Å². The summed E-state index contributed by atoms with van der Waals surface area (Å²) in [5.41, 5.74) is 0.393. The summed E-state index contributed by atoms with van der Waals surface area (Å²) in [7, 11) is 1.83. The van der Waals surface area contributed by atoms with Gasteiger partial charge in [-0.2, -0.15) is 0 Å². The van der Waals surface area contributed by atoms with Crippen molar-refractivity contribution < 1.29 is 9.47 Å². The maximum atomic E-state index is 5.92. The smallest absolute Gasteiger partial charge is 0.0654 e. The van der Waals surface area contributed by atoms with Gasteiger partial charge in [-0.15, -0.1) is 0 Å². The summed E-state index contributed by atoms with van der Waals surface area (Å²) in [5, 5.41) is 0. The zero-order valence-electron chi connectivity index (χ0n) is 11.3. The molecule has 98 valence electrons. The SMILES string of the molecule is COCC1C2CC3(COC(C)C)CCCN3C12. The van der Waals surface area contributed by atoms with Gasteiger partial charge in [0.2, 0.25) is 0 Å². The number of rotatable bonds is 5. The van der Waals surface area contributed by atoms with E-state index in [9.17, 15) is 0 Å². The van der Waals surface area contributed by atoms with E-state index in [4.69, 9.17) is 9.47 Å². The van der Waals surface area contributed by atoms with Crippen molar-refractivity contribution in [2.45, 2.75) is 50.8 Å². The number of hydrogen-bond donors (Lipinski definition) is 0. The van der Waals surface area contributed by atoms with Gasteiger partial charge in [0.05, 0.1) is 19.3 Å². The van der Waals surface area contributed by atoms with E-state index in [1.165, 1.54) is 25.8 Å². The zero-order chi connectivity index (χ0) is 12.0. The second-order valence-corrected chi connectivity index (χ2v) is 6.36. The highest BCUT2D eigenvalue weighted by atomic mass is 16.5. The second-order valence-electron chi connectivity index (χ2n) is 6.36. The van der Waals surface area contributed by atoms with Crippen LogP contribution in [0, 0.1) is 11.8 Å². The molecule has 3 fully saturated rings. The van der Waals surface area contributed by atoms with Gasteiger partial charge in [-0.3, -0.25) is 4.90 Å². The van der Waals surface area contributed by atoms with Gasteiger partial charge >= 0.3 is 0 Å². The van der Waals surface area contributed by atoms with Crippen LogP contribution in [0.1, 0.15) is 33.1 Å². The van der Waals surface area contributed by atoms with E-state index in [-0.39, 0.29) is 0 Å². The van der Waals surface area contributed by atoms with Crippen LogP contribution < -0.4 is 0 Å². The topological polar surface area (TPSA) is 21.7 Å². The Bertz CT molecular complexity index is 294. The summed E-state index contributed by atoms with van der Waals surface area (Å²) in [4.78, 5) is 2.75. The third-order valence-corrected chi connectivity index (χ3v) is 4.96. The highest BCUT2D eigenvalue weighted by Gasteiger charge is 2.67. The molecular weight excluding hydrogens is 214 g/mol. The molecule has 2 heterocycles. The van der Waals surface area contributed by atoms with Gasteiger partial charge < -0.3 is 9.47 Å². The van der Waals surface area contributed by atoms with Crippen molar-refractivity contribution in [3.63, 3.8) is 0 Å². The van der Waals surface area contributed by atoms with Gasteiger partial charge in [0, 0.05) is 24.6 Å². The molecule has 2 saturated heterocycles. The third-order valence-electron chi connectivity index (χ3n) is 4.96. The van der Waals surface area contributed by atoms with E-state index in [1.807, 2.05) is 7.11 Å². The minimum absolute atomic E-state index is 0.360. The Balaban J connectivity index is 1.64. The fourth-order valence-electron chi connectivity index (χ4n) is 4.19. The van der Waals surface area contributed by atoms with Crippen molar-refractivity contribution >= 4 is 0 Å². The molecule has 0 spiro atoms. The Labute approximate surface area is 104 Å². The average molecular weight is 239 g/mol. The van der Waals surface area contributed by atoms with Crippen molar-refractivity contribution in [1.29, 1.82) is 0 Å². The van der Waals surface area contributed by atoms with Gasteiger partial charge in [-0.25, -0.2) is 0 Å². The molecule has 3 heteroatoms. The molecule has 0 radical (unpaired) electrons. The van der Waals surface area contributed by atoms with Crippen LogP contribution in [-0.4, -0.2) is 49.5 Å². The summed E-state index contributed by atoms with van der Waals surface area (Å²) >= 11 is 0. The van der Waals surface area contributed by atoms with E-state index in [1.54, 1.807) is 0 Å². The number of methoxy groups -OCH3 is 1. The van der Waals surface area contributed by atoms with Crippen LogP contribution in [0.2, 0.25) is 0 Å². The van der Waals surface area contributed by atoms with Crippen LogP contribution in [0.25, 0.3) is 0 Å². The fourth-order valence-corrected chi connectivity index (χ4v) is 4.19. The largest absolute Gasteiger partial charge is 0.384 e. The highest BCUT2D eigenvalue weighted by Crippen LogP contribution is 2.60. The molecular formula is C14H25NO2. The Morgan fingerprint density at radius 2 is 2.24 bits per heavy atom. The Kier molecular flexibility index (Phi) is 2.96.